The lowest BCUT2D eigenvalue weighted by atomic mass is 9.93. The zero-order chi connectivity index (χ0) is 27.9. The van der Waals surface area contributed by atoms with Crippen molar-refractivity contribution in [2.45, 2.75) is 52.5 Å². The standard InChI is InChI=1S/C22H23N7O.C6H12O.C2H2/c1-14(30)28-7-5-20-19(13-28)22(26-25-20)29-6-3-4-15-8-18(16(10-23)9-21(15)29)17-11-24-27(2)12-17;1-2-6-3-4-7-5-6;1-2/h8-9,11-12H,3-7,13H2,1-2H3,(H,25,26);6H,2-5H2,1H3;1-2H/t;6-;/m.0./s1. The second kappa shape index (κ2) is 12.6. The first-order valence-corrected chi connectivity index (χ1v) is 13.5. The molecule has 1 fully saturated rings. The number of aromatic nitrogens is 4. The lowest BCUT2D eigenvalue weighted by Gasteiger charge is -2.33. The summed E-state index contributed by atoms with van der Waals surface area (Å²) in [6.07, 6.45) is 17.1. The normalized spacial score (nSPS) is 17.6. The lowest BCUT2D eigenvalue weighted by Crippen LogP contribution is -2.35. The highest BCUT2D eigenvalue weighted by atomic mass is 16.5. The van der Waals surface area contributed by atoms with Crippen LogP contribution in [0.4, 0.5) is 11.5 Å². The second-order valence-corrected chi connectivity index (χ2v) is 10.1. The number of carbonyl (C=O) groups excluding carboxylic acids is 1. The van der Waals surface area contributed by atoms with Crippen molar-refractivity contribution in [3.8, 4) is 30.0 Å². The van der Waals surface area contributed by atoms with Crippen LogP contribution in [0.1, 0.15) is 55.5 Å². The van der Waals surface area contributed by atoms with Crippen LogP contribution in [-0.4, -0.2) is 57.1 Å². The molecule has 0 aliphatic carbocycles. The molecule has 0 saturated carbocycles. The minimum atomic E-state index is 0.0831. The van der Waals surface area contributed by atoms with Gasteiger partial charge in [-0.2, -0.15) is 15.5 Å². The van der Waals surface area contributed by atoms with Crippen LogP contribution in [0.15, 0.2) is 24.5 Å². The van der Waals surface area contributed by atoms with Crippen LogP contribution in [0.5, 0.6) is 0 Å². The summed E-state index contributed by atoms with van der Waals surface area (Å²) in [5.74, 6) is 1.83. The number of nitrogens with zero attached hydrogens (tertiary/aromatic N) is 6. The number of rotatable bonds is 3. The number of aromatic amines is 1. The molecule has 1 amide bonds. The van der Waals surface area contributed by atoms with Crippen LogP contribution in [0.25, 0.3) is 11.1 Å². The summed E-state index contributed by atoms with van der Waals surface area (Å²) >= 11 is 0. The molecule has 3 aliphatic rings. The maximum atomic E-state index is 11.9. The Morgan fingerprint density at radius 1 is 1.28 bits per heavy atom. The van der Waals surface area contributed by atoms with Gasteiger partial charge in [0.25, 0.3) is 0 Å². The monoisotopic (exact) mass is 527 g/mol. The first-order valence-electron chi connectivity index (χ1n) is 13.5. The average Bonchev–Trinajstić information content (AvgIpc) is 3.74. The van der Waals surface area contributed by atoms with Gasteiger partial charge >= 0.3 is 0 Å². The SMILES string of the molecule is C#C.CC(=O)N1CCc2[nH]nc(N3CCCc4cc(-c5cnn(C)c5)c(C#N)cc43)c2C1.CC[C@H]1CCOC1. The Kier molecular flexibility index (Phi) is 9.06. The molecule has 9 heteroatoms. The van der Waals surface area contributed by atoms with E-state index in [2.05, 4.69) is 52.1 Å². The van der Waals surface area contributed by atoms with Gasteiger partial charge in [0.1, 0.15) is 0 Å². The van der Waals surface area contributed by atoms with E-state index >= 15 is 0 Å². The summed E-state index contributed by atoms with van der Waals surface area (Å²) in [7, 11) is 1.88. The molecular weight excluding hydrogens is 490 g/mol. The van der Waals surface area contributed by atoms with E-state index in [1.54, 1.807) is 17.8 Å². The third-order valence-electron chi connectivity index (χ3n) is 7.69. The van der Waals surface area contributed by atoms with E-state index in [1.165, 1.54) is 18.4 Å². The molecule has 204 valence electrons. The average molecular weight is 528 g/mol. The third kappa shape index (κ3) is 6.00. The molecule has 3 aromatic rings. The van der Waals surface area contributed by atoms with Gasteiger partial charge in [0, 0.05) is 81.0 Å². The number of terminal acetylenes is 1. The maximum Gasteiger partial charge on any atom is 0.219 e. The minimum Gasteiger partial charge on any atom is -0.381 e. The fourth-order valence-electron chi connectivity index (χ4n) is 5.42. The van der Waals surface area contributed by atoms with E-state index < -0.39 is 0 Å². The van der Waals surface area contributed by atoms with Gasteiger partial charge in [-0.05, 0) is 42.9 Å². The van der Waals surface area contributed by atoms with Crippen LogP contribution in [-0.2, 0) is 36.0 Å². The van der Waals surface area contributed by atoms with Crippen LogP contribution in [0, 0.1) is 30.1 Å². The Labute approximate surface area is 230 Å². The number of nitrogens with one attached hydrogen (secondary N) is 1. The van der Waals surface area contributed by atoms with Crippen molar-refractivity contribution in [1.82, 2.24) is 24.9 Å². The molecule has 0 radical (unpaired) electrons. The summed E-state index contributed by atoms with van der Waals surface area (Å²) in [6.45, 7) is 7.96. The molecule has 9 nitrogen and oxygen atoms in total. The predicted octanol–water partition coefficient (Wildman–Crippen LogP) is 4.35. The first kappa shape index (κ1) is 27.9. The van der Waals surface area contributed by atoms with Crippen molar-refractivity contribution in [2.75, 3.05) is 31.2 Å². The van der Waals surface area contributed by atoms with Gasteiger partial charge in [0.2, 0.25) is 5.91 Å². The van der Waals surface area contributed by atoms with Crippen molar-refractivity contribution in [3.63, 3.8) is 0 Å². The predicted molar refractivity (Wildman–Crippen MR) is 151 cm³/mol. The van der Waals surface area contributed by atoms with E-state index in [-0.39, 0.29) is 5.91 Å². The highest BCUT2D eigenvalue weighted by molar-refractivity contribution is 5.79. The highest BCUT2D eigenvalue weighted by Crippen LogP contribution is 2.39. The van der Waals surface area contributed by atoms with Crippen LogP contribution >= 0.6 is 0 Å². The molecule has 5 heterocycles. The van der Waals surface area contributed by atoms with Gasteiger partial charge in [-0.1, -0.05) is 13.3 Å². The Bertz CT molecular complexity index is 1360. The number of fused-ring (bicyclic) bond motifs is 2. The number of carbonyl (C=O) groups is 1. The molecule has 6 rings (SSSR count). The van der Waals surface area contributed by atoms with Crippen LogP contribution in [0.3, 0.4) is 0 Å². The van der Waals surface area contributed by atoms with E-state index in [0.29, 0.717) is 18.7 Å². The van der Waals surface area contributed by atoms with Crippen LogP contribution < -0.4 is 4.90 Å². The summed E-state index contributed by atoms with van der Waals surface area (Å²) in [6, 6.07) is 6.46. The number of anilines is 2. The quantitative estimate of drug-likeness (QED) is 0.508. The van der Waals surface area contributed by atoms with Crippen molar-refractivity contribution in [3.05, 3.63) is 46.9 Å². The number of hydrogen-bond acceptors (Lipinski definition) is 6. The molecule has 0 unspecified atom stereocenters. The number of H-pyrrole nitrogens is 1. The second-order valence-electron chi connectivity index (χ2n) is 10.1. The fraction of sp³-hybridized carbons (Fsp3) is 0.467. The first-order chi connectivity index (χ1) is 19.0. The van der Waals surface area contributed by atoms with Crippen molar-refractivity contribution in [1.29, 1.82) is 5.26 Å². The van der Waals surface area contributed by atoms with E-state index in [9.17, 15) is 10.1 Å². The minimum absolute atomic E-state index is 0.0831. The Hall–Kier alpha value is -4.08. The van der Waals surface area contributed by atoms with Crippen molar-refractivity contribution < 1.29 is 9.53 Å². The van der Waals surface area contributed by atoms with Crippen LogP contribution in [0.2, 0.25) is 0 Å². The number of benzene rings is 1. The largest absolute Gasteiger partial charge is 0.381 e. The van der Waals surface area contributed by atoms with E-state index in [4.69, 9.17) is 4.74 Å². The molecule has 3 aliphatic heterocycles. The van der Waals surface area contributed by atoms with Crippen molar-refractivity contribution >= 4 is 17.4 Å². The molecule has 1 N–H and O–H groups in total. The fourth-order valence-corrected chi connectivity index (χ4v) is 5.42. The maximum absolute atomic E-state index is 11.9. The molecule has 0 spiro atoms. The topological polar surface area (TPSA) is 103 Å². The smallest absolute Gasteiger partial charge is 0.219 e. The molecule has 39 heavy (non-hydrogen) atoms. The van der Waals surface area contributed by atoms with E-state index in [1.807, 2.05) is 24.2 Å². The molecule has 1 aromatic carbocycles. The Balaban J connectivity index is 0.000000338. The van der Waals surface area contributed by atoms with Gasteiger partial charge in [0.15, 0.2) is 5.82 Å². The number of amides is 1. The summed E-state index contributed by atoms with van der Waals surface area (Å²) in [4.78, 5) is 16.0. The van der Waals surface area contributed by atoms with Gasteiger partial charge in [0.05, 0.1) is 24.4 Å². The molecule has 0 bridgehead atoms. The number of ether oxygens (including phenoxy) is 1. The van der Waals surface area contributed by atoms with Gasteiger partial charge in [-0.3, -0.25) is 14.6 Å². The van der Waals surface area contributed by atoms with Crippen molar-refractivity contribution in [2.24, 2.45) is 13.0 Å². The van der Waals surface area contributed by atoms with Gasteiger partial charge in [-0.25, -0.2) is 0 Å². The summed E-state index contributed by atoms with van der Waals surface area (Å²) < 4.78 is 6.90. The third-order valence-corrected chi connectivity index (χ3v) is 7.69. The Morgan fingerprint density at radius 3 is 2.72 bits per heavy atom. The number of hydrogen-bond donors (Lipinski definition) is 1. The zero-order valence-electron chi connectivity index (χ0n) is 23.1. The van der Waals surface area contributed by atoms with Gasteiger partial charge in [-0.15, -0.1) is 12.8 Å². The molecule has 1 saturated heterocycles. The lowest BCUT2D eigenvalue weighted by molar-refractivity contribution is -0.129. The number of nitriles is 1. The van der Waals surface area contributed by atoms with Gasteiger partial charge < -0.3 is 14.5 Å². The molecule has 1 atom stereocenters. The summed E-state index contributed by atoms with van der Waals surface area (Å²) in [5.41, 5.74) is 6.90. The highest BCUT2D eigenvalue weighted by Gasteiger charge is 2.29. The molecular formula is C30H37N7O2. The molecule has 2 aromatic heterocycles. The number of aryl methyl sites for hydroxylation is 2. The van der Waals surface area contributed by atoms with E-state index in [0.717, 1.165) is 78.8 Å². The Morgan fingerprint density at radius 2 is 2.10 bits per heavy atom. The summed E-state index contributed by atoms with van der Waals surface area (Å²) in [5, 5.41) is 21.9. The zero-order valence-corrected chi connectivity index (χ0v) is 23.1.